The third kappa shape index (κ3) is 4.81. The van der Waals surface area contributed by atoms with Crippen molar-refractivity contribution in [3.05, 3.63) is 70.7 Å². The fourth-order valence-electron chi connectivity index (χ4n) is 2.31. The molecule has 0 aliphatic heterocycles. The molecule has 5 nitrogen and oxygen atoms in total. The lowest BCUT2D eigenvalue weighted by atomic mass is 10.2. The highest BCUT2D eigenvalue weighted by Crippen LogP contribution is 2.27. The second kappa shape index (κ2) is 8.14. The number of rotatable bonds is 6. The fraction of sp³-hybridized carbons (Fsp3) is 0.167. The molecule has 0 radical (unpaired) electrons. The Morgan fingerprint density at radius 2 is 1.80 bits per heavy atom. The zero-order valence-electron chi connectivity index (χ0n) is 13.7. The second-order valence-corrected chi connectivity index (χ2v) is 6.36. The SMILES string of the molecule is CN(CCc1ccncc1)c1cc(Nc2ccc(Cl)c(Cl)c2)ncn1. The molecule has 3 rings (SSSR count). The highest BCUT2D eigenvalue weighted by atomic mass is 35.5. The molecule has 0 atom stereocenters. The third-order valence-electron chi connectivity index (χ3n) is 3.72. The van der Waals surface area contributed by atoms with Crippen LogP contribution >= 0.6 is 23.2 Å². The van der Waals surface area contributed by atoms with Gasteiger partial charge in [0.25, 0.3) is 0 Å². The van der Waals surface area contributed by atoms with Gasteiger partial charge in [-0.05, 0) is 42.3 Å². The van der Waals surface area contributed by atoms with Crippen LogP contribution in [-0.2, 0) is 6.42 Å². The molecular formula is C18H17Cl2N5. The zero-order chi connectivity index (χ0) is 17.6. The van der Waals surface area contributed by atoms with Crippen molar-refractivity contribution in [3.8, 4) is 0 Å². The van der Waals surface area contributed by atoms with Gasteiger partial charge < -0.3 is 10.2 Å². The van der Waals surface area contributed by atoms with Gasteiger partial charge in [-0.1, -0.05) is 23.2 Å². The Hall–Kier alpha value is -2.37. The number of aromatic nitrogens is 3. The van der Waals surface area contributed by atoms with Gasteiger partial charge in [-0.25, -0.2) is 9.97 Å². The first kappa shape index (κ1) is 17.5. The number of anilines is 3. The van der Waals surface area contributed by atoms with Crippen molar-refractivity contribution in [3.63, 3.8) is 0 Å². The molecule has 0 aliphatic rings. The lowest BCUT2D eigenvalue weighted by Gasteiger charge is -2.18. The molecule has 0 fully saturated rings. The van der Waals surface area contributed by atoms with E-state index < -0.39 is 0 Å². The molecule has 7 heteroatoms. The quantitative estimate of drug-likeness (QED) is 0.683. The number of hydrogen-bond acceptors (Lipinski definition) is 5. The van der Waals surface area contributed by atoms with Crippen molar-refractivity contribution in [1.82, 2.24) is 15.0 Å². The van der Waals surface area contributed by atoms with Crippen LogP contribution in [0.5, 0.6) is 0 Å². The van der Waals surface area contributed by atoms with Crippen molar-refractivity contribution in [1.29, 1.82) is 0 Å². The Morgan fingerprint density at radius 3 is 2.56 bits per heavy atom. The average Bonchev–Trinajstić information content (AvgIpc) is 2.64. The summed E-state index contributed by atoms with van der Waals surface area (Å²) < 4.78 is 0. The van der Waals surface area contributed by atoms with Gasteiger partial charge >= 0.3 is 0 Å². The van der Waals surface area contributed by atoms with Gasteiger partial charge in [0.15, 0.2) is 0 Å². The van der Waals surface area contributed by atoms with E-state index in [0.29, 0.717) is 15.9 Å². The van der Waals surface area contributed by atoms with E-state index in [0.717, 1.165) is 24.5 Å². The number of halogens is 2. The van der Waals surface area contributed by atoms with Crippen LogP contribution in [0.15, 0.2) is 55.1 Å². The first-order valence-corrected chi connectivity index (χ1v) is 8.51. The molecule has 0 saturated carbocycles. The molecule has 1 aromatic carbocycles. The largest absolute Gasteiger partial charge is 0.359 e. The van der Waals surface area contributed by atoms with Gasteiger partial charge in [-0.2, -0.15) is 0 Å². The second-order valence-electron chi connectivity index (χ2n) is 5.54. The predicted molar refractivity (Wildman–Crippen MR) is 103 cm³/mol. The van der Waals surface area contributed by atoms with Crippen LogP contribution in [0.1, 0.15) is 5.56 Å². The van der Waals surface area contributed by atoms with Crippen molar-refractivity contribution >= 4 is 40.5 Å². The van der Waals surface area contributed by atoms with Crippen LogP contribution in [0.3, 0.4) is 0 Å². The van der Waals surface area contributed by atoms with E-state index >= 15 is 0 Å². The summed E-state index contributed by atoms with van der Waals surface area (Å²) in [5.74, 6) is 1.53. The lowest BCUT2D eigenvalue weighted by Crippen LogP contribution is -2.21. The van der Waals surface area contributed by atoms with E-state index in [-0.39, 0.29) is 0 Å². The average molecular weight is 374 g/mol. The topological polar surface area (TPSA) is 53.9 Å². The Kier molecular flexibility index (Phi) is 5.68. The van der Waals surface area contributed by atoms with Gasteiger partial charge in [-0.15, -0.1) is 0 Å². The van der Waals surface area contributed by atoms with E-state index in [2.05, 4.69) is 25.2 Å². The molecular weight excluding hydrogens is 357 g/mol. The van der Waals surface area contributed by atoms with E-state index in [9.17, 15) is 0 Å². The Balaban J connectivity index is 1.66. The lowest BCUT2D eigenvalue weighted by molar-refractivity contribution is 0.855. The van der Waals surface area contributed by atoms with Crippen LogP contribution in [0, 0.1) is 0 Å². The molecule has 1 N–H and O–H groups in total. The van der Waals surface area contributed by atoms with Crippen molar-refractivity contribution in [2.24, 2.45) is 0 Å². The Labute approximate surface area is 156 Å². The van der Waals surface area contributed by atoms with Crippen LogP contribution in [0.4, 0.5) is 17.3 Å². The van der Waals surface area contributed by atoms with Crippen LogP contribution < -0.4 is 10.2 Å². The smallest absolute Gasteiger partial charge is 0.135 e. The van der Waals surface area contributed by atoms with E-state index in [1.54, 1.807) is 24.5 Å². The molecule has 0 spiro atoms. The Bertz CT molecular complexity index is 842. The normalized spacial score (nSPS) is 10.5. The summed E-state index contributed by atoms with van der Waals surface area (Å²) in [6.45, 7) is 0.841. The van der Waals surface area contributed by atoms with Crippen LogP contribution in [0.2, 0.25) is 10.0 Å². The standard InChI is InChI=1S/C18H17Cl2N5/c1-25(9-6-13-4-7-21-8-5-13)18-11-17(22-12-23-18)24-14-2-3-15(19)16(20)10-14/h2-5,7-8,10-12H,6,9H2,1H3,(H,22,23,24). The minimum absolute atomic E-state index is 0.496. The molecule has 3 aromatic rings. The summed E-state index contributed by atoms with van der Waals surface area (Å²) in [6.07, 6.45) is 6.06. The van der Waals surface area contributed by atoms with Gasteiger partial charge in [0, 0.05) is 37.7 Å². The molecule has 0 saturated heterocycles. The molecule has 128 valence electrons. The van der Waals surface area contributed by atoms with Gasteiger partial charge in [0.05, 0.1) is 10.0 Å². The first-order chi connectivity index (χ1) is 12.1. The van der Waals surface area contributed by atoms with E-state index in [1.165, 1.54) is 11.9 Å². The summed E-state index contributed by atoms with van der Waals surface area (Å²) >= 11 is 12.0. The minimum Gasteiger partial charge on any atom is -0.359 e. The molecule has 2 heterocycles. The molecule has 0 unspecified atom stereocenters. The molecule has 0 bridgehead atoms. The van der Waals surface area contributed by atoms with E-state index in [4.69, 9.17) is 23.2 Å². The molecule has 0 aliphatic carbocycles. The third-order valence-corrected chi connectivity index (χ3v) is 4.46. The number of nitrogens with one attached hydrogen (secondary N) is 1. The fourth-order valence-corrected chi connectivity index (χ4v) is 2.60. The number of nitrogens with zero attached hydrogens (tertiary/aromatic N) is 4. The van der Waals surface area contributed by atoms with Gasteiger partial charge in [-0.3, -0.25) is 4.98 Å². The number of likely N-dealkylation sites (N-methyl/N-ethyl adjacent to an activating group) is 1. The summed E-state index contributed by atoms with van der Waals surface area (Å²) in [5, 5.41) is 4.23. The zero-order valence-corrected chi connectivity index (χ0v) is 15.2. The van der Waals surface area contributed by atoms with Crippen molar-refractivity contribution in [2.45, 2.75) is 6.42 Å². The van der Waals surface area contributed by atoms with Crippen molar-refractivity contribution in [2.75, 3.05) is 23.8 Å². The van der Waals surface area contributed by atoms with Crippen LogP contribution in [0.25, 0.3) is 0 Å². The monoisotopic (exact) mass is 373 g/mol. The van der Waals surface area contributed by atoms with Gasteiger partial charge in [0.2, 0.25) is 0 Å². The highest BCUT2D eigenvalue weighted by molar-refractivity contribution is 6.42. The number of hydrogen-bond donors (Lipinski definition) is 1. The molecule has 2 aromatic heterocycles. The molecule has 0 amide bonds. The predicted octanol–water partition coefficient (Wildman–Crippen LogP) is 4.60. The summed E-state index contributed by atoms with van der Waals surface area (Å²) in [6, 6.07) is 11.3. The minimum atomic E-state index is 0.496. The summed E-state index contributed by atoms with van der Waals surface area (Å²) in [5.41, 5.74) is 2.06. The maximum Gasteiger partial charge on any atom is 0.135 e. The van der Waals surface area contributed by atoms with Crippen LogP contribution in [-0.4, -0.2) is 28.5 Å². The van der Waals surface area contributed by atoms with Gasteiger partial charge in [0.1, 0.15) is 18.0 Å². The molecule has 25 heavy (non-hydrogen) atoms. The number of pyridine rings is 1. The summed E-state index contributed by atoms with van der Waals surface area (Å²) in [7, 11) is 2.01. The Morgan fingerprint density at radius 1 is 1.00 bits per heavy atom. The first-order valence-electron chi connectivity index (χ1n) is 7.76. The van der Waals surface area contributed by atoms with E-state index in [1.807, 2.05) is 31.3 Å². The summed E-state index contributed by atoms with van der Waals surface area (Å²) in [4.78, 5) is 14.7. The maximum atomic E-state index is 6.04. The van der Waals surface area contributed by atoms with Crippen molar-refractivity contribution < 1.29 is 0 Å². The maximum absolute atomic E-state index is 6.04. The number of benzene rings is 1. The highest BCUT2D eigenvalue weighted by Gasteiger charge is 2.06.